The molecule has 4 rings (SSSR count). The minimum absolute atomic E-state index is 0.0396. The van der Waals surface area contributed by atoms with E-state index in [1.807, 2.05) is 13.0 Å². The van der Waals surface area contributed by atoms with Crippen LogP contribution in [0.3, 0.4) is 0 Å². The van der Waals surface area contributed by atoms with Gasteiger partial charge in [-0.05, 0) is 42.7 Å². The lowest BCUT2D eigenvalue weighted by Gasteiger charge is -2.07. The zero-order valence-electron chi connectivity index (χ0n) is 15.5. The second-order valence-corrected chi connectivity index (χ2v) is 6.71. The number of rotatable bonds is 5. The largest absolute Gasteiger partial charge is 0.478 e. The molecule has 0 fully saturated rings. The van der Waals surface area contributed by atoms with Crippen LogP contribution in [0.5, 0.6) is 0 Å². The van der Waals surface area contributed by atoms with E-state index in [4.69, 9.17) is 8.83 Å². The van der Waals surface area contributed by atoms with Crippen LogP contribution in [0.2, 0.25) is 0 Å². The third kappa shape index (κ3) is 3.50. The van der Waals surface area contributed by atoms with Crippen molar-refractivity contribution in [2.45, 2.75) is 13.3 Å². The Morgan fingerprint density at radius 2 is 1.79 bits per heavy atom. The molecule has 0 atom stereocenters. The Balaban J connectivity index is 1.55. The summed E-state index contributed by atoms with van der Waals surface area (Å²) in [5.41, 5.74) is 2.41. The first-order chi connectivity index (χ1) is 13.9. The fourth-order valence-electron chi connectivity index (χ4n) is 3.36. The lowest BCUT2D eigenvalue weighted by molar-refractivity contribution is 0.0691. The van der Waals surface area contributed by atoms with Crippen molar-refractivity contribution >= 4 is 33.8 Å². The summed E-state index contributed by atoms with van der Waals surface area (Å²) in [6, 6.07) is 11.1. The first kappa shape index (κ1) is 18.5. The van der Waals surface area contributed by atoms with Gasteiger partial charge in [-0.3, -0.25) is 4.79 Å². The molecule has 2 aromatic carbocycles. The van der Waals surface area contributed by atoms with Crippen molar-refractivity contribution in [3.63, 3.8) is 0 Å². The third-order valence-electron chi connectivity index (χ3n) is 4.81. The second-order valence-electron chi connectivity index (χ2n) is 6.71. The summed E-state index contributed by atoms with van der Waals surface area (Å²) in [6.45, 7) is 2.15. The molecular formula is C22H17NO6. The first-order valence-corrected chi connectivity index (χ1v) is 8.99. The molecule has 1 amide bonds. The van der Waals surface area contributed by atoms with E-state index in [9.17, 15) is 19.5 Å². The fourth-order valence-corrected chi connectivity index (χ4v) is 3.36. The molecule has 0 saturated heterocycles. The van der Waals surface area contributed by atoms with Crippen molar-refractivity contribution in [1.29, 1.82) is 0 Å². The van der Waals surface area contributed by atoms with Crippen molar-refractivity contribution in [1.82, 2.24) is 5.32 Å². The molecule has 7 nitrogen and oxygen atoms in total. The molecule has 7 heteroatoms. The predicted molar refractivity (Wildman–Crippen MR) is 106 cm³/mol. The summed E-state index contributed by atoms with van der Waals surface area (Å²) < 4.78 is 10.8. The van der Waals surface area contributed by atoms with E-state index in [1.165, 1.54) is 18.2 Å². The molecule has 146 valence electrons. The van der Waals surface area contributed by atoms with E-state index >= 15 is 0 Å². The molecule has 2 aromatic heterocycles. The Morgan fingerprint density at radius 1 is 1.03 bits per heavy atom. The molecule has 0 unspecified atom stereocenters. The average Bonchev–Trinajstić information content (AvgIpc) is 3.08. The van der Waals surface area contributed by atoms with Crippen molar-refractivity contribution in [3.05, 3.63) is 81.4 Å². The van der Waals surface area contributed by atoms with Gasteiger partial charge in [0.1, 0.15) is 11.2 Å². The molecular weight excluding hydrogens is 374 g/mol. The van der Waals surface area contributed by atoms with Gasteiger partial charge in [-0.15, -0.1) is 0 Å². The molecule has 0 saturated carbocycles. The molecule has 0 aliphatic rings. The number of amides is 1. The number of benzene rings is 2. The number of carboxylic acid groups (broad SMARTS) is 1. The summed E-state index contributed by atoms with van der Waals surface area (Å²) in [4.78, 5) is 35.2. The van der Waals surface area contributed by atoms with E-state index in [2.05, 4.69) is 5.32 Å². The Bertz CT molecular complexity index is 1310. The normalized spacial score (nSPS) is 11.1. The lowest BCUT2D eigenvalue weighted by Crippen LogP contribution is -2.27. The van der Waals surface area contributed by atoms with Gasteiger partial charge in [0.25, 0.3) is 5.91 Å². The maximum absolute atomic E-state index is 12.4. The van der Waals surface area contributed by atoms with E-state index in [1.54, 1.807) is 24.5 Å². The Hall–Kier alpha value is -3.87. The van der Waals surface area contributed by atoms with Crippen LogP contribution in [-0.2, 0) is 6.42 Å². The number of hydrogen-bond donors (Lipinski definition) is 2. The first-order valence-electron chi connectivity index (χ1n) is 8.99. The van der Waals surface area contributed by atoms with E-state index in [0.717, 1.165) is 21.9 Å². The van der Waals surface area contributed by atoms with Gasteiger partial charge in [0.05, 0.1) is 17.4 Å². The van der Waals surface area contributed by atoms with E-state index < -0.39 is 17.5 Å². The average molecular weight is 391 g/mol. The van der Waals surface area contributed by atoms with Gasteiger partial charge in [0.2, 0.25) is 0 Å². The molecule has 29 heavy (non-hydrogen) atoms. The van der Waals surface area contributed by atoms with Gasteiger partial charge in [0, 0.05) is 29.4 Å². The van der Waals surface area contributed by atoms with Gasteiger partial charge < -0.3 is 19.3 Å². The van der Waals surface area contributed by atoms with Crippen molar-refractivity contribution in [2.75, 3.05) is 6.54 Å². The van der Waals surface area contributed by atoms with E-state index in [0.29, 0.717) is 24.1 Å². The molecule has 0 aliphatic carbocycles. The van der Waals surface area contributed by atoms with Crippen LogP contribution in [-0.4, -0.2) is 23.5 Å². The quantitative estimate of drug-likeness (QED) is 0.504. The Kier molecular flexibility index (Phi) is 4.64. The van der Waals surface area contributed by atoms with Crippen molar-refractivity contribution < 1.29 is 23.5 Å². The molecule has 0 aliphatic heterocycles. The molecule has 4 aromatic rings. The van der Waals surface area contributed by atoms with Crippen LogP contribution >= 0.6 is 0 Å². The monoisotopic (exact) mass is 391 g/mol. The van der Waals surface area contributed by atoms with Crippen LogP contribution in [0, 0.1) is 6.92 Å². The summed E-state index contributed by atoms with van der Waals surface area (Å²) in [5, 5.41) is 13.7. The van der Waals surface area contributed by atoms with Crippen LogP contribution in [0.4, 0.5) is 0 Å². The number of nitrogens with one attached hydrogen (secondary N) is 1. The maximum Gasteiger partial charge on any atom is 0.336 e. The maximum atomic E-state index is 12.4. The number of furan rings is 1. The number of carbonyl (C=O) groups is 2. The van der Waals surface area contributed by atoms with Crippen LogP contribution in [0.1, 0.15) is 31.8 Å². The van der Waals surface area contributed by atoms with E-state index in [-0.39, 0.29) is 11.1 Å². The highest BCUT2D eigenvalue weighted by Crippen LogP contribution is 2.28. The number of carboxylic acids is 1. The Labute approximate surface area is 164 Å². The third-order valence-corrected chi connectivity index (χ3v) is 4.81. The molecule has 0 radical (unpaired) electrons. The van der Waals surface area contributed by atoms with Gasteiger partial charge in [-0.1, -0.05) is 12.1 Å². The number of aromatic carboxylic acids is 1. The molecule has 2 N–H and O–H groups in total. The van der Waals surface area contributed by atoms with Gasteiger partial charge in [0.15, 0.2) is 0 Å². The van der Waals surface area contributed by atoms with Crippen molar-refractivity contribution in [2.24, 2.45) is 0 Å². The minimum Gasteiger partial charge on any atom is -0.478 e. The van der Waals surface area contributed by atoms with Gasteiger partial charge >= 0.3 is 11.6 Å². The predicted octanol–water partition coefficient (Wildman–Crippen LogP) is 3.52. The number of hydrogen-bond acceptors (Lipinski definition) is 5. The number of fused-ring (bicyclic) bond motifs is 2. The summed E-state index contributed by atoms with van der Waals surface area (Å²) in [6.07, 6.45) is 2.10. The summed E-state index contributed by atoms with van der Waals surface area (Å²) in [5.74, 6) is -1.59. The van der Waals surface area contributed by atoms with Crippen molar-refractivity contribution in [3.8, 4) is 0 Å². The molecule has 0 bridgehead atoms. The highest BCUT2D eigenvalue weighted by Gasteiger charge is 2.16. The standard InChI is InChI=1S/C22H17NO6/c1-12-8-20(24)29-19-10-18-17(9-16(12)19)13(11-28-18)6-7-23-21(25)14-4-2-3-5-15(14)22(26)27/h2-5,8-11H,6-7H2,1H3,(H,23,25)(H,26,27). The van der Waals surface area contributed by atoms with Crippen LogP contribution in [0.15, 0.2) is 62.4 Å². The van der Waals surface area contributed by atoms with Crippen LogP contribution < -0.4 is 10.9 Å². The summed E-state index contributed by atoms with van der Waals surface area (Å²) in [7, 11) is 0. The highest BCUT2D eigenvalue weighted by molar-refractivity contribution is 6.04. The molecule has 2 heterocycles. The SMILES string of the molecule is Cc1cc(=O)oc2cc3occ(CCNC(=O)c4ccccc4C(=O)O)c3cc12. The fraction of sp³-hybridized carbons (Fsp3) is 0.136. The topological polar surface area (TPSA) is 110 Å². The zero-order chi connectivity index (χ0) is 20.5. The Morgan fingerprint density at radius 3 is 2.55 bits per heavy atom. The second kappa shape index (κ2) is 7.27. The van der Waals surface area contributed by atoms with Crippen LogP contribution in [0.25, 0.3) is 21.9 Å². The summed E-state index contributed by atoms with van der Waals surface area (Å²) >= 11 is 0. The minimum atomic E-state index is -1.15. The van der Waals surface area contributed by atoms with Gasteiger partial charge in [-0.25, -0.2) is 9.59 Å². The van der Waals surface area contributed by atoms with Gasteiger partial charge in [-0.2, -0.15) is 0 Å². The number of aryl methyl sites for hydroxylation is 1. The molecule has 0 spiro atoms. The smallest absolute Gasteiger partial charge is 0.336 e. The highest BCUT2D eigenvalue weighted by atomic mass is 16.4. The lowest BCUT2D eigenvalue weighted by atomic mass is 10.0. The zero-order valence-corrected chi connectivity index (χ0v) is 15.5. The number of carbonyl (C=O) groups excluding carboxylic acids is 1.